The Balaban J connectivity index is 1.72. The van der Waals surface area contributed by atoms with E-state index in [0.717, 1.165) is 11.1 Å². The van der Waals surface area contributed by atoms with Crippen LogP contribution in [-0.4, -0.2) is 56.8 Å². The Morgan fingerprint density at radius 3 is 2.20 bits per heavy atom. The zero-order valence-corrected chi connectivity index (χ0v) is 18.9. The summed E-state index contributed by atoms with van der Waals surface area (Å²) in [7, 11) is 0.246. The second kappa shape index (κ2) is 9.29. The minimum Gasteiger partial charge on any atom is -0.353 e. The third-order valence-electron chi connectivity index (χ3n) is 5.69. The molecule has 1 heterocycles. The van der Waals surface area contributed by atoms with Crippen LogP contribution in [0.15, 0.2) is 53.4 Å². The maximum absolute atomic E-state index is 13.1. The fourth-order valence-electron chi connectivity index (χ4n) is 3.84. The van der Waals surface area contributed by atoms with E-state index < -0.39 is 16.1 Å². The van der Waals surface area contributed by atoms with Gasteiger partial charge in [-0.3, -0.25) is 4.79 Å². The van der Waals surface area contributed by atoms with E-state index in [1.54, 1.807) is 24.3 Å². The van der Waals surface area contributed by atoms with Crippen LogP contribution in [0, 0.1) is 13.8 Å². The summed E-state index contributed by atoms with van der Waals surface area (Å²) in [5.41, 5.74) is 3.29. The lowest BCUT2D eigenvalue weighted by atomic mass is 10.0. The fraction of sp³-hybridized carbons (Fsp3) is 0.435. The first-order chi connectivity index (χ1) is 14.2. The first kappa shape index (κ1) is 22.5. The first-order valence-corrected chi connectivity index (χ1v) is 11.7. The summed E-state index contributed by atoms with van der Waals surface area (Å²) >= 11 is 0. The molecule has 0 aliphatic carbocycles. The molecule has 162 valence electrons. The van der Waals surface area contributed by atoms with Crippen molar-refractivity contribution in [1.29, 1.82) is 0 Å². The zero-order chi connectivity index (χ0) is 21.9. The number of aryl methyl sites for hydroxylation is 2. The number of carbonyl (C=O) groups excluding carboxylic acids is 1. The number of carbonyl (C=O) groups is 1. The summed E-state index contributed by atoms with van der Waals surface area (Å²) < 4.78 is 27.5. The Hall–Kier alpha value is -2.22. The molecular formula is C23H31N3O3S. The zero-order valence-electron chi connectivity index (χ0n) is 18.1. The van der Waals surface area contributed by atoms with E-state index in [-0.39, 0.29) is 16.8 Å². The minimum absolute atomic E-state index is 0.0121. The van der Waals surface area contributed by atoms with Crippen LogP contribution in [0.2, 0.25) is 0 Å². The van der Waals surface area contributed by atoms with Crippen molar-refractivity contribution >= 4 is 15.9 Å². The maximum Gasteiger partial charge on any atom is 0.243 e. The van der Waals surface area contributed by atoms with Crippen LogP contribution in [0.1, 0.15) is 35.6 Å². The largest absolute Gasteiger partial charge is 0.353 e. The second-order valence-corrected chi connectivity index (χ2v) is 10.1. The molecule has 1 amide bonds. The van der Waals surface area contributed by atoms with E-state index >= 15 is 0 Å². The molecule has 1 aliphatic heterocycles. The summed E-state index contributed by atoms with van der Waals surface area (Å²) in [6, 6.07) is 14.4. The van der Waals surface area contributed by atoms with Gasteiger partial charge in [0.2, 0.25) is 15.9 Å². The van der Waals surface area contributed by atoms with Gasteiger partial charge in [0.25, 0.3) is 0 Å². The van der Waals surface area contributed by atoms with Gasteiger partial charge < -0.3 is 10.2 Å². The Kier molecular flexibility index (Phi) is 6.95. The molecule has 1 unspecified atom stereocenters. The Morgan fingerprint density at radius 1 is 1.07 bits per heavy atom. The molecule has 0 saturated carbocycles. The molecule has 1 N–H and O–H groups in total. The van der Waals surface area contributed by atoms with Crippen LogP contribution < -0.4 is 5.32 Å². The molecule has 2 atom stereocenters. The lowest BCUT2D eigenvalue weighted by Gasteiger charge is -2.27. The van der Waals surface area contributed by atoms with Crippen LogP contribution in [0.5, 0.6) is 0 Å². The highest BCUT2D eigenvalue weighted by Gasteiger charge is 2.39. The molecule has 1 aliphatic rings. The maximum atomic E-state index is 13.1. The third-order valence-corrected chi connectivity index (χ3v) is 7.61. The van der Waals surface area contributed by atoms with Crippen LogP contribution in [0.3, 0.4) is 0 Å². The molecule has 0 radical (unpaired) electrons. The first-order valence-electron chi connectivity index (χ1n) is 10.3. The predicted octanol–water partition coefficient (Wildman–Crippen LogP) is 2.88. The number of rotatable bonds is 7. The highest BCUT2D eigenvalue weighted by Crippen LogP contribution is 2.27. The molecule has 1 fully saturated rings. The summed E-state index contributed by atoms with van der Waals surface area (Å²) in [5.74, 6) is -0.234. The molecule has 0 aromatic heterocycles. The predicted molar refractivity (Wildman–Crippen MR) is 119 cm³/mol. The molecule has 7 heteroatoms. The van der Waals surface area contributed by atoms with E-state index in [1.807, 2.05) is 27.9 Å². The topological polar surface area (TPSA) is 69.7 Å². The van der Waals surface area contributed by atoms with Crippen molar-refractivity contribution in [3.05, 3.63) is 65.2 Å². The van der Waals surface area contributed by atoms with E-state index in [9.17, 15) is 13.2 Å². The van der Waals surface area contributed by atoms with Gasteiger partial charge in [0.15, 0.2) is 0 Å². The molecule has 1 saturated heterocycles. The van der Waals surface area contributed by atoms with Crippen LogP contribution in [0.4, 0.5) is 0 Å². The van der Waals surface area contributed by atoms with Crippen molar-refractivity contribution in [3.63, 3.8) is 0 Å². The smallest absolute Gasteiger partial charge is 0.243 e. The highest BCUT2D eigenvalue weighted by molar-refractivity contribution is 7.89. The number of hydrogen-bond acceptors (Lipinski definition) is 4. The van der Waals surface area contributed by atoms with Crippen molar-refractivity contribution < 1.29 is 13.2 Å². The Labute approximate surface area is 179 Å². The molecule has 2 aromatic carbocycles. The molecule has 2 aromatic rings. The van der Waals surface area contributed by atoms with E-state index in [1.165, 1.54) is 9.87 Å². The normalized spacial score (nSPS) is 18.5. The number of hydrogen-bond donors (Lipinski definition) is 1. The van der Waals surface area contributed by atoms with Gasteiger partial charge in [0, 0.05) is 13.1 Å². The summed E-state index contributed by atoms with van der Waals surface area (Å²) in [6.07, 6.45) is 1.21. The standard InChI is InChI=1S/C23H31N3O3S/c1-17-7-11-19(12-8-17)22(25(3)4)16-24-23(27)21-6-5-15-26(21)30(28,29)20-13-9-18(2)10-14-20/h7-14,21-22H,5-6,15-16H2,1-4H3,(H,24,27)/t21-,22?/m0/s1. The van der Waals surface area contributed by atoms with Crippen molar-refractivity contribution in [2.75, 3.05) is 27.2 Å². The van der Waals surface area contributed by atoms with Crippen LogP contribution in [-0.2, 0) is 14.8 Å². The van der Waals surface area contributed by atoms with E-state index in [2.05, 4.69) is 34.5 Å². The van der Waals surface area contributed by atoms with Crippen molar-refractivity contribution in [1.82, 2.24) is 14.5 Å². The number of benzene rings is 2. The average molecular weight is 430 g/mol. The average Bonchev–Trinajstić information content (AvgIpc) is 3.20. The Morgan fingerprint density at radius 2 is 1.63 bits per heavy atom. The number of nitrogens with zero attached hydrogens (tertiary/aromatic N) is 2. The molecule has 0 spiro atoms. The van der Waals surface area contributed by atoms with Crippen molar-refractivity contribution in [2.24, 2.45) is 0 Å². The number of amides is 1. The van der Waals surface area contributed by atoms with Gasteiger partial charge in [-0.25, -0.2) is 8.42 Å². The SMILES string of the molecule is Cc1ccc(C(CNC(=O)[C@@H]2CCCN2S(=O)(=O)c2ccc(C)cc2)N(C)C)cc1. The van der Waals surface area contributed by atoms with Gasteiger partial charge >= 0.3 is 0 Å². The van der Waals surface area contributed by atoms with Gasteiger partial charge in [-0.15, -0.1) is 0 Å². The van der Waals surface area contributed by atoms with E-state index in [0.29, 0.717) is 25.9 Å². The second-order valence-electron chi connectivity index (χ2n) is 8.22. The van der Waals surface area contributed by atoms with Crippen LogP contribution >= 0.6 is 0 Å². The van der Waals surface area contributed by atoms with Crippen molar-refractivity contribution in [2.45, 2.75) is 43.7 Å². The van der Waals surface area contributed by atoms with Gasteiger partial charge in [-0.2, -0.15) is 4.31 Å². The molecule has 30 heavy (non-hydrogen) atoms. The quantitative estimate of drug-likeness (QED) is 0.735. The third kappa shape index (κ3) is 4.91. The number of likely N-dealkylation sites (N-methyl/N-ethyl adjacent to an activating group) is 1. The van der Waals surface area contributed by atoms with Gasteiger partial charge in [-0.05, 0) is 58.5 Å². The molecular weight excluding hydrogens is 398 g/mol. The van der Waals surface area contributed by atoms with Gasteiger partial charge in [0.05, 0.1) is 10.9 Å². The van der Waals surface area contributed by atoms with Gasteiger partial charge in [0.1, 0.15) is 6.04 Å². The Bertz CT molecular complexity index is 970. The summed E-state index contributed by atoms with van der Waals surface area (Å²) in [4.78, 5) is 15.3. The highest BCUT2D eigenvalue weighted by atomic mass is 32.2. The number of nitrogens with one attached hydrogen (secondary N) is 1. The fourth-order valence-corrected chi connectivity index (χ4v) is 5.49. The van der Waals surface area contributed by atoms with E-state index in [4.69, 9.17) is 0 Å². The monoisotopic (exact) mass is 429 g/mol. The molecule has 3 rings (SSSR count). The summed E-state index contributed by atoms with van der Waals surface area (Å²) in [5, 5.41) is 3.00. The van der Waals surface area contributed by atoms with Crippen LogP contribution in [0.25, 0.3) is 0 Å². The lowest BCUT2D eigenvalue weighted by Crippen LogP contribution is -2.47. The van der Waals surface area contributed by atoms with Crippen molar-refractivity contribution in [3.8, 4) is 0 Å². The lowest BCUT2D eigenvalue weighted by molar-refractivity contribution is -0.124. The molecule has 0 bridgehead atoms. The minimum atomic E-state index is -3.70. The molecule has 6 nitrogen and oxygen atoms in total. The number of sulfonamides is 1. The summed E-state index contributed by atoms with van der Waals surface area (Å²) in [6.45, 7) is 4.74. The van der Waals surface area contributed by atoms with Gasteiger partial charge in [-0.1, -0.05) is 47.5 Å².